The lowest BCUT2D eigenvalue weighted by Gasteiger charge is -2.07. The molecule has 0 fully saturated rings. The van der Waals surface area contributed by atoms with E-state index < -0.39 is 18.4 Å². The molecule has 10 heteroatoms. The molecule has 28 heavy (non-hydrogen) atoms. The van der Waals surface area contributed by atoms with E-state index in [0.29, 0.717) is 16.4 Å². The zero-order valence-corrected chi connectivity index (χ0v) is 15.4. The number of anilines is 1. The summed E-state index contributed by atoms with van der Waals surface area (Å²) in [6, 6.07) is 10.7. The summed E-state index contributed by atoms with van der Waals surface area (Å²) in [7, 11) is 1.53. The number of nitrogens with zero attached hydrogens (tertiary/aromatic N) is 1. The molecule has 0 bridgehead atoms. The minimum Gasteiger partial charge on any atom is -0.494 e. The van der Waals surface area contributed by atoms with Crippen LogP contribution in [0.5, 0.6) is 11.5 Å². The third-order valence-corrected chi connectivity index (χ3v) is 4.52. The van der Waals surface area contributed by atoms with Crippen molar-refractivity contribution >= 4 is 38.5 Å². The van der Waals surface area contributed by atoms with Gasteiger partial charge in [0.15, 0.2) is 5.13 Å². The number of halogens is 2. The number of nitrogens with one attached hydrogen (secondary N) is 2. The molecular weight excluding hydrogens is 392 g/mol. The van der Waals surface area contributed by atoms with Crippen LogP contribution < -0.4 is 20.1 Å². The lowest BCUT2D eigenvalue weighted by molar-refractivity contribution is -0.115. The van der Waals surface area contributed by atoms with Crippen LogP contribution in [0.1, 0.15) is 10.4 Å². The maximum Gasteiger partial charge on any atom is 0.387 e. The Bertz CT molecular complexity index is 1010. The van der Waals surface area contributed by atoms with Crippen molar-refractivity contribution in [2.45, 2.75) is 6.61 Å². The number of aromatic nitrogens is 1. The van der Waals surface area contributed by atoms with Gasteiger partial charge in [-0.25, -0.2) is 4.98 Å². The van der Waals surface area contributed by atoms with Crippen LogP contribution in [0, 0.1) is 0 Å². The summed E-state index contributed by atoms with van der Waals surface area (Å²) >= 11 is 1.27. The summed E-state index contributed by atoms with van der Waals surface area (Å²) in [5, 5.41) is 5.38. The van der Waals surface area contributed by atoms with Crippen LogP contribution in [0.3, 0.4) is 0 Å². The number of hydrogen-bond donors (Lipinski definition) is 2. The lowest BCUT2D eigenvalue weighted by Crippen LogP contribution is -2.32. The monoisotopic (exact) mass is 407 g/mol. The molecule has 0 saturated heterocycles. The van der Waals surface area contributed by atoms with Crippen LogP contribution in [-0.2, 0) is 4.79 Å². The first-order chi connectivity index (χ1) is 13.5. The van der Waals surface area contributed by atoms with E-state index in [9.17, 15) is 18.4 Å². The van der Waals surface area contributed by atoms with Gasteiger partial charge >= 0.3 is 6.61 Å². The van der Waals surface area contributed by atoms with Gasteiger partial charge in [-0.1, -0.05) is 23.5 Å². The van der Waals surface area contributed by atoms with Gasteiger partial charge in [0.2, 0.25) is 5.91 Å². The first-order valence-corrected chi connectivity index (χ1v) is 8.84. The number of hydrogen-bond acceptors (Lipinski definition) is 6. The summed E-state index contributed by atoms with van der Waals surface area (Å²) < 4.78 is 34.8. The maximum atomic E-state index is 12.3. The van der Waals surface area contributed by atoms with Crippen molar-refractivity contribution in [1.82, 2.24) is 10.3 Å². The molecule has 0 aliphatic rings. The fourth-order valence-corrected chi connectivity index (χ4v) is 3.28. The van der Waals surface area contributed by atoms with Gasteiger partial charge < -0.3 is 20.1 Å². The van der Waals surface area contributed by atoms with Crippen molar-refractivity contribution in [3.8, 4) is 11.5 Å². The fourth-order valence-electron chi connectivity index (χ4n) is 2.38. The number of para-hydroxylation sites is 1. The van der Waals surface area contributed by atoms with Crippen LogP contribution in [0.2, 0.25) is 0 Å². The van der Waals surface area contributed by atoms with Crippen molar-refractivity contribution in [3.63, 3.8) is 0 Å². The number of amides is 2. The number of methoxy groups -OCH3 is 1. The summed E-state index contributed by atoms with van der Waals surface area (Å²) in [6.07, 6.45) is 0. The highest BCUT2D eigenvalue weighted by molar-refractivity contribution is 7.22. The Balaban J connectivity index is 1.59. The average molecular weight is 407 g/mol. The number of alkyl halides is 2. The normalized spacial score (nSPS) is 10.7. The van der Waals surface area contributed by atoms with Crippen LogP contribution in [0.15, 0.2) is 42.5 Å². The van der Waals surface area contributed by atoms with Gasteiger partial charge in [-0.3, -0.25) is 9.59 Å². The molecule has 3 rings (SSSR count). The maximum absolute atomic E-state index is 12.3. The van der Waals surface area contributed by atoms with Crippen molar-refractivity contribution in [2.24, 2.45) is 0 Å². The van der Waals surface area contributed by atoms with E-state index in [1.165, 1.54) is 42.7 Å². The smallest absolute Gasteiger partial charge is 0.387 e. The van der Waals surface area contributed by atoms with Gasteiger partial charge in [-0.15, -0.1) is 0 Å². The van der Waals surface area contributed by atoms with Gasteiger partial charge in [-0.2, -0.15) is 8.78 Å². The van der Waals surface area contributed by atoms with Crippen LogP contribution in [0.4, 0.5) is 13.9 Å². The highest BCUT2D eigenvalue weighted by Crippen LogP contribution is 2.31. The number of fused-ring (bicyclic) bond motifs is 1. The van der Waals surface area contributed by atoms with E-state index in [4.69, 9.17) is 4.74 Å². The molecule has 1 aromatic heterocycles. The van der Waals surface area contributed by atoms with E-state index in [0.717, 1.165) is 4.70 Å². The molecule has 0 unspecified atom stereocenters. The number of benzene rings is 2. The Morgan fingerprint density at radius 3 is 2.75 bits per heavy atom. The van der Waals surface area contributed by atoms with E-state index in [1.807, 2.05) is 12.1 Å². The number of carbonyl (C=O) groups excluding carboxylic acids is 2. The van der Waals surface area contributed by atoms with Gasteiger partial charge in [0, 0.05) is 5.56 Å². The standard InChI is InChI=1S/C18H15F2N3O4S/c1-26-12-6-3-7-13-15(12)23-18(28-13)22-14(24)9-21-16(25)10-4-2-5-11(8-10)27-17(19)20/h2-8,17H,9H2,1H3,(H,21,25)(H,22,23,24). The molecule has 3 aromatic rings. The first-order valence-electron chi connectivity index (χ1n) is 8.02. The van der Waals surface area contributed by atoms with E-state index >= 15 is 0 Å². The van der Waals surface area contributed by atoms with Crippen LogP contribution in [-0.4, -0.2) is 37.1 Å². The highest BCUT2D eigenvalue weighted by Gasteiger charge is 2.13. The molecule has 2 amide bonds. The Labute approximate surface area is 162 Å². The Morgan fingerprint density at radius 1 is 1.21 bits per heavy atom. The quantitative estimate of drug-likeness (QED) is 0.628. The minimum atomic E-state index is -2.99. The lowest BCUT2D eigenvalue weighted by atomic mass is 10.2. The predicted octanol–water partition coefficient (Wildman–Crippen LogP) is 3.27. The molecule has 0 radical (unpaired) electrons. The molecule has 0 atom stereocenters. The molecular formula is C18H15F2N3O4S. The van der Waals surface area contributed by atoms with Crippen molar-refractivity contribution in [2.75, 3.05) is 19.0 Å². The fraction of sp³-hybridized carbons (Fsp3) is 0.167. The summed E-state index contributed by atoms with van der Waals surface area (Å²) in [6.45, 7) is -3.30. The predicted molar refractivity (Wildman–Crippen MR) is 100 cm³/mol. The molecule has 0 spiro atoms. The summed E-state index contributed by atoms with van der Waals surface area (Å²) in [5.74, 6) is -0.629. The van der Waals surface area contributed by atoms with Gasteiger partial charge in [-0.05, 0) is 30.3 Å². The Kier molecular flexibility index (Phi) is 5.99. The second-order valence-corrected chi connectivity index (χ2v) is 6.49. The molecule has 0 saturated carbocycles. The SMILES string of the molecule is COc1cccc2sc(NC(=O)CNC(=O)c3cccc(OC(F)F)c3)nc12. The van der Waals surface area contributed by atoms with Crippen molar-refractivity contribution in [3.05, 3.63) is 48.0 Å². The molecule has 2 aromatic carbocycles. The first kappa shape index (κ1) is 19.5. The molecule has 1 heterocycles. The third-order valence-electron chi connectivity index (χ3n) is 3.58. The number of ether oxygens (including phenoxy) is 2. The number of rotatable bonds is 7. The second-order valence-electron chi connectivity index (χ2n) is 5.46. The van der Waals surface area contributed by atoms with Gasteiger partial charge in [0.1, 0.15) is 17.0 Å². The molecule has 0 aliphatic heterocycles. The van der Waals surface area contributed by atoms with E-state index in [1.54, 1.807) is 6.07 Å². The average Bonchev–Trinajstić information content (AvgIpc) is 3.08. The Morgan fingerprint density at radius 2 is 2.00 bits per heavy atom. The van der Waals surface area contributed by atoms with E-state index in [2.05, 4.69) is 20.4 Å². The number of thiazole rings is 1. The highest BCUT2D eigenvalue weighted by atomic mass is 32.1. The summed E-state index contributed by atoms with van der Waals surface area (Å²) in [5.41, 5.74) is 0.723. The van der Waals surface area contributed by atoms with Crippen molar-refractivity contribution < 1.29 is 27.8 Å². The summed E-state index contributed by atoms with van der Waals surface area (Å²) in [4.78, 5) is 28.5. The molecule has 7 nitrogen and oxygen atoms in total. The van der Waals surface area contributed by atoms with Gasteiger partial charge in [0.05, 0.1) is 18.4 Å². The third kappa shape index (κ3) is 4.71. The largest absolute Gasteiger partial charge is 0.494 e. The van der Waals surface area contributed by atoms with Gasteiger partial charge in [0.25, 0.3) is 5.91 Å². The minimum absolute atomic E-state index is 0.0932. The second kappa shape index (κ2) is 8.61. The van der Waals surface area contributed by atoms with Crippen LogP contribution in [0.25, 0.3) is 10.2 Å². The van der Waals surface area contributed by atoms with Crippen molar-refractivity contribution in [1.29, 1.82) is 0 Å². The molecule has 2 N–H and O–H groups in total. The Hall–Kier alpha value is -3.27. The topological polar surface area (TPSA) is 89.6 Å². The molecule has 0 aliphatic carbocycles. The zero-order valence-electron chi connectivity index (χ0n) is 14.6. The van der Waals surface area contributed by atoms with E-state index in [-0.39, 0.29) is 17.9 Å². The van der Waals surface area contributed by atoms with Crippen LogP contribution >= 0.6 is 11.3 Å². The molecule has 146 valence electrons. The zero-order chi connectivity index (χ0) is 20.1. The number of carbonyl (C=O) groups is 2.